The Hall–Kier alpha value is -3.20. The summed E-state index contributed by atoms with van der Waals surface area (Å²) in [4.78, 5) is 42.7. The summed E-state index contributed by atoms with van der Waals surface area (Å²) in [6.07, 6.45) is 0. The SMILES string of the molecule is COc1ccccc1N(CN1C(=O)c2ccccc2C1=O)C(=O)c1sc2cc(Br)ccc2c1Cl. The molecule has 3 aromatic carbocycles. The number of hydrogen-bond donors (Lipinski definition) is 0. The predicted octanol–water partition coefficient (Wildman–Crippen LogP) is 6.23. The van der Waals surface area contributed by atoms with Crippen molar-refractivity contribution >= 4 is 72.4 Å². The van der Waals surface area contributed by atoms with Gasteiger partial charge in [0.1, 0.15) is 17.3 Å². The van der Waals surface area contributed by atoms with E-state index in [0.717, 1.165) is 19.5 Å². The van der Waals surface area contributed by atoms with Crippen LogP contribution in [0, 0.1) is 0 Å². The molecule has 5 rings (SSSR count). The molecule has 9 heteroatoms. The molecule has 0 spiro atoms. The van der Waals surface area contributed by atoms with Crippen LogP contribution in [-0.2, 0) is 0 Å². The van der Waals surface area contributed by atoms with Crippen molar-refractivity contribution in [3.8, 4) is 5.75 Å². The Morgan fingerprint density at radius 3 is 2.35 bits per heavy atom. The van der Waals surface area contributed by atoms with E-state index in [4.69, 9.17) is 16.3 Å². The highest BCUT2D eigenvalue weighted by Crippen LogP contribution is 2.39. The van der Waals surface area contributed by atoms with Crippen LogP contribution in [0.15, 0.2) is 71.2 Å². The molecule has 170 valence electrons. The highest BCUT2D eigenvalue weighted by molar-refractivity contribution is 9.10. The fourth-order valence-electron chi connectivity index (χ4n) is 3.91. The van der Waals surface area contributed by atoms with Crippen LogP contribution < -0.4 is 9.64 Å². The van der Waals surface area contributed by atoms with Gasteiger partial charge in [-0.3, -0.25) is 24.2 Å². The van der Waals surface area contributed by atoms with Gasteiger partial charge in [-0.1, -0.05) is 57.9 Å². The maximum Gasteiger partial charge on any atom is 0.271 e. The molecule has 6 nitrogen and oxygen atoms in total. The zero-order valence-electron chi connectivity index (χ0n) is 17.7. The predicted molar refractivity (Wildman–Crippen MR) is 136 cm³/mol. The average molecular weight is 556 g/mol. The lowest BCUT2D eigenvalue weighted by molar-refractivity contribution is 0.0650. The number of benzene rings is 3. The molecule has 0 saturated heterocycles. The van der Waals surface area contributed by atoms with Gasteiger partial charge in [-0.05, 0) is 36.4 Å². The molecule has 0 fully saturated rings. The van der Waals surface area contributed by atoms with Crippen LogP contribution in [0.1, 0.15) is 30.4 Å². The Labute approximate surface area is 212 Å². The lowest BCUT2D eigenvalue weighted by Crippen LogP contribution is -2.44. The van der Waals surface area contributed by atoms with Crippen molar-refractivity contribution < 1.29 is 19.1 Å². The van der Waals surface area contributed by atoms with Crippen molar-refractivity contribution in [2.24, 2.45) is 0 Å². The van der Waals surface area contributed by atoms with Gasteiger partial charge in [0.15, 0.2) is 0 Å². The average Bonchev–Trinajstić information content (AvgIpc) is 3.30. The highest BCUT2D eigenvalue weighted by Gasteiger charge is 2.38. The fourth-order valence-corrected chi connectivity index (χ4v) is 5.92. The van der Waals surface area contributed by atoms with E-state index in [9.17, 15) is 14.4 Å². The van der Waals surface area contributed by atoms with Crippen molar-refractivity contribution in [1.82, 2.24) is 4.90 Å². The molecular weight excluding hydrogens is 540 g/mol. The maximum absolute atomic E-state index is 13.9. The van der Waals surface area contributed by atoms with Gasteiger partial charge >= 0.3 is 0 Å². The minimum atomic E-state index is -0.459. The summed E-state index contributed by atoms with van der Waals surface area (Å²) >= 11 is 11.3. The number of imide groups is 1. The second kappa shape index (κ2) is 8.87. The summed E-state index contributed by atoms with van der Waals surface area (Å²) in [7, 11) is 1.49. The number of methoxy groups -OCH3 is 1. The molecule has 3 amide bonds. The van der Waals surface area contributed by atoms with Gasteiger partial charge < -0.3 is 4.74 Å². The lowest BCUT2D eigenvalue weighted by Gasteiger charge is -2.28. The molecule has 1 aromatic heterocycles. The molecule has 4 aromatic rings. The van der Waals surface area contributed by atoms with E-state index in [2.05, 4.69) is 15.9 Å². The van der Waals surface area contributed by atoms with Crippen LogP contribution in [-0.4, -0.2) is 36.4 Å². The van der Waals surface area contributed by atoms with Crippen LogP contribution in [0.4, 0.5) is 5.69 Å². The van der Waals surface area contributed by atoms with Crippen LogP contribution in [0.5, 0.6) is 5.75 Å². The number of amides is 3. The summed E-state index contributed by atoms with van der Waals surface area (Å²) in [5.74, 6) is -0.935. The molecule has 34 heavy (non-hydrogen) atoms. The molecule has 0 N–H and O–H groups in total. The van der Waals surface area contributed by atoms with Gasteiger partial charge in [0, 0.05) is 14.6 Å². The van der Waals surface area contributed by atoms with E-state index in [-0.39, 0.29) is 6.67 Å². The summed E-state index contributed by atoms with van der Waals surface area (Å²) in [6.45, 7) is -0.292. The third kappa shape index (κ3) is 3.68. The summed E-state index contributed by atoms with van der Waals surface area (Å²) < 4.78 is 7.18. The topological polar surface area (TPSA) is 66.9 Å². The molecule has 0 aliphatic carbocycles. The Bertz CT molecular complexity index is 1450. The number of fused-ring (bicyclic) bond motifs is 2. The zero-order valence-corrected chi connectivity index (χ0v) is 20.9. The Morgan fingerprint density at radius 1 is 1.03 bits per heavy atom. The van der Waals surface area contributed by atoms with Gasteiger partial charge in [0.05, 0.1) is 28.9 Å². The number of anilines is 1. The summed E-state index contributed by atoms with van der Waals surface area (Å²) in [5.41, 5.74) is 1.04. The standard InChI is InChI=1S/C25H16BrClN2O4S/c1-33-19-9-5-4-8-18(19)28(13-29-23(30)15-6-2-3-7-16(15)24(29)31)25(32)22-21(27)17-11-10-14(26)12-20(17)34-22/h2-12H,13H2,1H3. The molecular formula is C25H16BrClN2O4S. The number of carbonyl (C=O) groups excluding carboxylic acids is 3. The van der Waals surface area contributed by atoms with Gasteiger partial charge in [0.25, 0.3) is 17.7 Å². The molecule has 0 atom stereocenters. The third-order valence-electron chi connectivity index (χ3n) is 5.57. The van der Waals surface area contributed by atoms with Crippen LogP contribution in [0.2, 0.25) is 5.02 Å². The normalized spacial score (nSPS) is 12.9. The molecule has 0 radical (unpaired) electrons. The maximum atomic E-state index is 13.9. The second-order valence-electron chi connectivity index (χ2n) is 7.52. The van der Waals surface area contributed by atoms with Gasteiger partial charge in [-0.2, -0.15) is 0 Å². The van der Waals surface area contributed by atoms with E-state index < -0.39 is 17.7 Å². The Morgan fingerprint density at radius 2 is 1.68 bits per heavy atom. The van der Waals surface area contributed by atoms with Crippen molar-refractivity contribution in [1.29, 1.82) is 0 Å². The van der Waals surface area contributed by atoms with Crippen LogP contribution in [0.25, 0.3) is 10.1 Å². The van der Waals surface area contributed by atoms with Gasteiger partial charge in [0.2, 0.25) is 0 Å². The smallest absolute Gasteiger partial charge is 0.271 e. The molecule has 0 unspecified atom stereocenters. The number of halogens is 2. The largest absolute Gasteiger partial charge is 0.495 e. The van der Waals surface area contributed by atoms with E-state index >= 15 is 0 Å². The first-order valence-corrected chi connectivity index (χ1v) is 12.2. The molecule has 0 saturated carbocycles. The minimum Gasteiger partial charge on any atom is -0.495 e. The number of rotatable bonds is 5. The van der Waals surface area contributed by atoms with E-state index in [1.54, 1.807) is 48.5 Å². The minimum absolute atomic E-state index is 0.292. The summed E-state index contributed by atoms with van der Waals surface area (Å²) in [6, 6.07) is 19.1. The van der Waals surface area contributed by atoms with Crippen molar-refractivity contribution in [3.63, 3.8) is 0 Å². The van der Waals surface area contributed by atoms with Crippen LogP contribution >= 0.6 is 38.9 Å². The number of para-hydroxylation sites is 2. The monoisotopic (exact) mass is 554 g/mol. The van der Waals surface area contributed by atoms with Crippen molar-refractivity contribution in [3.05, 3.63) is 92.2 Å². The number of hydrogen-bond acceptors (Lipinski definition) is 5. The van der Waals surface area contributed by atoms with E-state index in [1.165, 1.54) is 23.3 Å². The first kappa shape index (κ1) is 22.6. The Kier molecular flexibility index (Phi) is 5.89. The van der Waals surface area contributed by atoms with E-state index in [1.807, 2.05) is 18.2 Å². The molecule has 0 bridgehead atoms. The Balaban J connectivity index is 1.60. The first-order chi connectivity index (χ1) is 16.4. The number of carbonyl (C=O) groups is 3. The molecule has 1 aliphatic heterocycles. The van der Waals surface area contributed by atoms with Crippen molar-refractivity contribution in [2.75, 3.05) is 18.7 Å². The summed E-state index contributed by atoms with van der Waals surface area (Å²) in [5, 5.41) is 1.07. The zero-order chi connectivity index (χ0) is 24.0. The lowest BCUT2D eigenvalue weighted by atomic mass is 10.1. The second-order valence-corrected chi connectivity index (χ2v) is 9.86. The highest BCUT2D eigenvalue weighted by atomic mass is 79.9. The number of nitrogens with zero attached hydrogens (tertiary/aromatic N) is 2. The quantitative estimate of drug-likeness (QED) is 0.274. The third-order valence-corrected chi connectivity index (χ3v) is 7.71. The van der Waals surface area contributed by atoms with Gasteiger partial charge in [-0.25, -0.2) is 0 Å². The van der Waals surface area contributed by atoms with Crippen LogP contribution in [0.3, 0.4) is 0 Å². The fraction of sp³-hybridized carbons (Fsp3) is 0.0800. The first-order valence-electron chi connectivity index (χ1n) is 10.2. The van der Waals surface area contributed by atoms with Crippen molar-refractivity contribution in [2.45, 2.75) is 0 Å². The molecule has 2 heterocycles. The molecule has 1 aliphatic rings. The number of ether oxygens (including phenoxy) is 1. The van der Waals surface area contributed by atoms with E-state index in [0.29, 0.717) is 32.5 Å². The van der Waals surface area contributed by atoms with Gasteiger partial charge in [-0.15, -0.1) is 11.3 Å². The number of thiophene rings is 1.